The van der Waals surface area contributed by atoms with Crippen LogP contribution in [0.2, 0.25) is 0 Å². The zero-order valence-electron chi connectivity index (χ0n) is 51.3. The van der Waals surface area contributed by atoms with Gasteiger partial charge < -0.3 is 39.0 Å². The van der Waals surface area contributed by atoms with E-state index in [0.29, 0.717) is 25.7 Å². The zero-order valence-corrected chi connectivity index (χ0v) is 51.3. The lowest BCUT2D eigenvalue weighted by Gasteiger charge is -2.40. The summed E-state index contributed by atoms with van der Waals surface area (Å²) in [6.45, 7) is 5.85. The first-order valence-corrected chi connectivity index (χ1v) is 32.6. The van der Waals surface area contributed by atoms with Gasteiger partial charge in [-0.3, -0.25) is 14.4 Å². The third kappa shape index (κ3) is 46.0. The van der Waals surface area contributed by atoms with Crippen molar-refractivity contribution in [1.29, 1.82) is 0 Å². The summed E-state index contributed by atoms with van der Waals surface area (Å²) in [5.41, 5.74) is 0. The summed E-state index contributed by atoms with van der Waals surface area (Å²) in [6, 6.07) is 0. The van der Waals surface area contributed by atoms with Crippen molar-refractivity contribution in [1.82, 2.24) is 0 Å². The maximum atomic E-state index is 13.2. The molecule has 3 N–H and O–H groups in total. The molecule has 6 unspecified atom stereocenters. The molecule has 1 aliphatic rings. The van der Waals surface area contributed by atoms with E-state index in [2.05, 4.69) is 93.7 Å². The number of aliphatic hydroxyl groups is 2. The first-order valence-electron chi connectivity index (χ1n) is 32.6. The van der Waals surface area contributed by atoms with Crippen molar-refractivity contribution >= 4 is 23.9 Å². The number of rotatable bonds is 55. The number of hydrogen-bond acceptors (Lipinski definition) is 11. The quantitative estimate of drug-likeness (QED) is 0.0228. The molecule has 0 radical (unpaired) electrons. The van der Waals surface area contributed by atoms with Gasteiger partial charge in [-0.1, -0.05) is 254 Å². The molecule has 0 spiro atoms. The fraction of sp³-hybridized carbons (Fsp3) is 0.739. The van der Waals surface area contributed by atoms with Crippen molar-refractivity contribution in [3.05, 3.63) is 85.1 Å². The molecule has 12 nitrogen and oxygen atoms in total. The van der Waals surface area contributed by atoms with Gasteiger partial charge in [-0.15, -0.1) is 0 Å². The molecule has 1 fully saturated rings. The van der Waals surface area contributed by atoms with Crippen LogP contribution in [0.1, 0.15) is 278 Å². The minimum Gasteiger partial charge on any atom is -0.479 e. The van der Waals surface area contributed by atoms with Crippen LogP contribution >= 0.6 is 0 Å². The number of carbonyl (C=O) groups excluding carboxylic acids is 3. The van der Waals surface area contributed by atoms with Crippen LogP contribution in [-0.4, -0.2) is 89.2 Å². The van der Waals surface area contributed by atoms with Gasteiger partial charge in [-0.05, 0) is 89.9 Å². The standard InChI is InChI=1S/C69H116O12/c1-4-7-10-13-16-19-22-25-28-30-31-33-35-37-40-43-46-49-52-55-61(70)77-58-60(79-62(71)56-53-50-47-44-41-38-34-27-24-21-18-15-12-9-6-3)59-78-69-67(65(74)64(73)66(81-69)68(75)76)80-63(72)57-54-51-48-45-42-39-36-32-29-26-23-20-17-14-11-8-5-2/h8,11,17-18,20-21,26-27,29,34,36,39,45,48,60,64-67,69,73-74H,4-7,9-10,12-16,19,22-25,28,30-33,35,37-38,40-44,46-47,49-59H2,1-3H3,(H,75,76)/b11-8-,20-17-,21-18-,29-26-,34-27-,39-36-,48-45-. The molecular formula is C69H116O12. The average Bonchev–Trinajstić information content (AvgIpc) is 3.53. The lowest BCUT2D eigenvalue weighted by molar-refractivity contribution is -0.301. The fourth-order valence-corrected chi connectivity index (χ4v) is 9.49. The van der Waals surface area contributed by atoms with E-state index in [1.807, 2.05) is 12.2 Å². The van der Waals surface area contributed by atoms with Gasteiger partial charge in [0.2, 0.25) is 0 Å². The zero-order chi connectivity index (χ0) is 58.9. The highest BCUT2D eigenvalue weighted by atomic mass is 16.7. The number of esters is 3. The lowest BCUT2D eigenvalue weighted by atomic mass is 9.98. The Bertz CT molecular complexity index is 1730. The minimum absolute atomic E-state index is 0.0213. The maximum Gasteiger partial charge on any atom is 0.335 e. The van der Waals surface area contributed by atoms with Crippen molar-refractivity contribution in [3.63, 3.8) is 0 Å². The van der Waals surface area contributed by atoms with Crippen LogP contribution in [0.5, 0.6) is 0 Å². The van der Waals surface area contributed by atoms with Crippen LogP contribution in [0.3, 0.4) is 0 Å². The van der Waals surface area contributed by atoms with E-state index >= 15 is 0 Å². The predicted molar refractivity (Wildman–Crippen MR) is 331 cm³/mol. The molecule has 0 saturated carbocycles. The number of aliphatic hydroxyl groups excluding tert-OH is 2. The van der Waals surface area contributed by atoms with Crippen molar-refractivity contribution in [3.8, 4) is 0 Å². The van der Waals surface area contributed by atoms with Crippen molar-refractivity contribution in [2.75, 3.05) is 13.2 Å². The van der Waals surface area contributed by atoms with Gasteiger partial charge in [0, 0.05) is 19.3 Å². The Hall–Kier alpha value is -4.10. The van der Waals surface area contributed by atoms with E-state index in [4.69, 9.17) is 23.7 Å². The van der Waals surface area contributed by atoms with Gasteiger partial charge >= 0.3 is 23.9 Å². The smallest absolute Gasteiger partial charge is 0.335 e. The number of aliphatic carboxylic acids is 1. The van der Waals surface area contributed by atoms with Crippen LogP contribution in [0.15, 0.2) is 85.1 Å². The molecule has 81 heavy (non-hydrogen) atoms. The third-order valence-corrected chi connectivity index (χ3v) is 14.5. The molecule has 1 heterocycles. The normalized spacial score (nSPS) is 18.3. The van der Waals surface area contributed by atoms with E-state index in [-0.39, 0.29) is 25.9 Å². The number of unbranched alkanes of at least 4 members (excludes halogenated alkanes) is 27. The highest BCUT2D eigenvalue weighted by Crippen LogP contribution is 2.26. The van der Waals surface area contributed by atoms with Crippen molar-refractivity contribution in [2.24, 2.45) is 0 Å². The largest absolute Gasteiger partial charge is 0.479 e. The van der Waals surface area contributed by atoms with Gasteiger partial charge in [-0.25, -0.2) is 4.79 Å². The predicted octanol–water partition coefficient (Wildman–Crippen LogP) is 17.5. The van der Waals surface area contributed by atoms with E-state index in [9.17, 15) is 34.5 Å². The topological polar surface area (TPSA) is 175 Å². The molecule has 0 aromatic rings. The van der Waals surface area contributed by atoms with E-state index in [1.165, 1.54) is 116 Å². The third-order valence-electron chi connectivity index (χ3n) is 14.5. The summed E-state index contributed by atoms with van der Waals surface area (Å²) < 4.78 is 28.5. The second-order valence-corrected chi connectivity index (χ2v) is 22.0. The van der Waals surface area contributed by atoms with Gasteiger partial charge in [0.05, 0.1) is 6.61 Å². The monoisotopic (exact) mass is 1140 g/mol. The van der Waals surface area contributed by atoms with Gasteiger partial charge in [0.15, 0.2) is 24.6 Å². The Kier molecular flexibility index (Phi) is 52.1. The van der Waals surface area contributed by atoms with Crippen LogP contribution < -0.4 is 0 Å². The molecule has 0 aromatic carbocycles. The summed E-state index contributed by atoms with van der Waals surface area (Å²) in [4.78, 5) is 51.3. The Morgan fingerprint density at radius 1 is 0.420 bits per heavy atom. The first kappa shape index (κ1) is 74.9. The molecule has 6 atom stereocenters. The molecule has 1 rings (SSSR count). The molecule has 0 aromatic heterocycles. The van der Waals surface area contributed by atoms with E-state index in [0.717, 1.165) is 96.3 Å². The highest BCUT2D eigenvalue weighted by Gasteiger charge is 2.50. The molecular weight excluding hydrogens is 1020 g/mol. The molecule has 1 saturated heterocycles. The minimum atomic E-state index is -1.93. The molecule has 0 amide bonds. The SMILES string of the molecule is CC/C=C\C/C=C\C/C=C\C/C=C\C/C=C\CCCC(=O)OC1C(OCC(COC(=O)CCCCCCCCCCCCCCCCCCCCC)OC(=O)CCCCCCC/C=C\C/C=C\CCCCC)OC(C(=O)O)C(O)C1O. The molecule has 0 aliphatic carbocycles. The fourth-order valence-electron chi connectivity index (χ4n) is 9.49. The summed E-state index contributed by atoms with van der Waals surface area (Å²) in [5.74, 6) is -3.20. The van der Waals surface area contributed by atoms with Crippen LogP contribution in [0.4, 0.5) is 0 Å². The van der Waals surface area contributed by atoms with Gasteiger partial charge in [-0.2, -0.15) is 0 Å². The van der Waals surface area contributed by atoms with E-state index in [1.54, 1.807) is 0 Å². The Labute approximate surface area is 492 Å². The Morgan fingerprint density at radius 2 is 0.790 bits per heavy atom. The number of carbonyl (C=O) groups is 4. The molecule has 0 bridgehead atoms. The summed E-state index contributed by atoms with van der Waals surface area (Å²) in [5, 5.41) is 31.6. The number of allylic oxidation sites excluding steroid dienone is 14. The average molecular weight is 1140 g/mol. The number of ether oxygens (including phenoxy) is 5. The molecule has 1 aliphatic heterocycles. The van der Waals surface area contributed by atoms with Crippen molar-refractivity contribution < 1.29 is 58.2 Å². The first-order chi connectivity index (χ1) is 39.6. The summed E-state index contributed by atoms with van der Waals surface area (Å²) in [7, 11) is 0. The Morgan fingerprint density at radius 3 is 1.25 bits per heavy atom. The van der Waals surface area contributed by atoms with Crippen LogP contribution in [-0.2, 0) is 42.9 Å². The van der Waals surface area contributed by atoms with Crippen LogP contribution in [0.25, 0.3) is 0 Å². The second kappa shape index (κ2) is 56.4. The second-order valence-electron chi connectivity index (χ2n) is 22.0. The van der Waals surface area contributed by atoms with Crippen molar-refractivity contribution in [2.45, 2.75) is 314 Å². The van der Waals surface area contributed by atoms with E-state index < -0.39 is 67.3 Å². The van der Waals surface area contributed by atoms with Crippen LogP contribution in [0, 0.1) is 0 Å². The highest BCUT2D eigenvalue weighted by molar-refractivity contribution is 5.74. The number of carboxylic acid groups (broad SMARTS) is 1. The Balaban J connectivity index is 2.69. The summed E-state index contributed by atoms with van der Waals surface area (Å²) >= 11 is 0. The number of carboxylic acids is 1. The molecule has 464 valence electrons. The lowest BCUT2D eigenvalue weighted by Crippen LogP contribution is -2.61. The molecule has 12 heteroatoms. The van der Waals surface area contributed by atoms with Gasteiger partial charge in [0.1, 0.15) is 18.8 Å². The summed E-state index contributed by atoms with van der Waals surface area (Å²) in [6.07, 6.45) is 61.2. The maximum absolute atomic E-state index is 13.2. The number of hydrogen-bond donors (Lipinski definition) is 3. The van der Waals surface area contributed by atoms with Gasteiger partial charge in [0.25, 0.3) is 0 Å².